The van der Waals surface area contributed by atoms with Crippen molar-refractivity contribution in [3.8, 4) is 0 Å². The van der Waals surface area contributed by atoms with E-state index in [1.807, 2.05) is 6.92 Å². The summed E-state index contributed by atoms with van der Waals surface area (Å²) in [4.78, 5) is 0. The second kappa shape index (κ2) is 9.98. The van der Waals surface area contributed by atoms with Gasteiger partial charge in [0, 0.05) is 12.5 Å². The first-order chi connectivity index (χ1) is 13.0. The third-order valence-electron chi connectivity index (χ3n) is 7.81. The van der Waals surface area contributed by atoms with Crippen LogP contribution in [-0.2, 0) is 4.74 Å². The number of rotatable bonds is 7. The van der Waals surface area contributed by atoms with Gasteiger partial charge in [0.25, 0.3) is 0 Å². The summed E-state index contributed by atoms with van der Waals surface area (Å²) in [5.41, 5.74) is 0. The van der Waals surface area contributed by atoms with Gasteiger partial charge in [-0.15, -0.1) is 0 Å². The van der Waals surface area contributed by atoms with Crippen LogP contribution in [0.1, 0.15) is 84.5 Å². The number of hydrogen-bond donors (Lipinski definition) is 0. The van der Waals surface area contributed by atoms with Crippen LogP contribution in [0.2, 0.25) is 0 Å². The Bertz CT molecular complexity index is 435. The third kappa shape index (κ3) is 5.03. The van der Waals surface area contributed by atoms with Gasteiger partial charge in [-0.05, 0) is 56.3 Å². The SMILES string of the molecule is CCCC1CCC(CCC2CC3CCC(OCC)C(F)C3C(F)C2F)CC1. The van der Waals surface area contributed by atoms with Gasteiger partial charge in [-0.2, -0.15) is 0 Å². The predicted molar refractivity (Wildman–Crippen MR) is 104 cm³/mol. The van der Waals surface area contributed by atoms with Crippen molar-refractivity contribution >= 4 is 0 Å². The highest BCUT2D eigenvalue weighted by atomic mass is 19.2. The van der Waals surface area contributed by atoms with E-state index in [1.165, 1.54) is 38.5 Å². The summed E-state index contributed by atoms with van der Waals surface area (Å²) >= 11 is 0. The Balaban J connectivity index is 1.49. The highest BCUT2D eigenvalue weighted by Gasteiger charge is 2.52. The normalized spacial score (nSPS) is 45.4. The second-order valence-corrected chi connectivity index (χ2v) is 9.49. The van der Waals surface area contributed by atoms with Crippen molar-refractivity contribution in [3.63, 3.8) is 0 Å². The van der Waals surface area contributed by atoms with Crippen LogP contribution in [0.25, 0.3) is 0 Å². The van der Waals surface area contributed by atoms with Crippen molar-refractivity contribution in [2.45, 2.75) is 109 Å². The molecule has 7 unspecified atom stereocenters. The van der Waals surface area contributed by atoms with Gasteiger partial charge in [0.15, 0.2) is 0 Å². The van der Waals surface area contributed by atoms with Crippen molar-refractivity contribution in [2.24, 2.45) is 29.6 Å². The quantitative estimate of drug-likeness (QED) is 0.464. The number of fused-ring (bicyclic) bond motifs is 1. The minimum Gasteiger partial charge on any atom is -0.375 e. The Morgan fingerprint density at radius 2 is 1.41 bits per heavy atom. The fourth-order valence-corrected chi connectivity index (χ4v) is 6.27. The number of alkyl halides is 3. The number of hydrogen-bond acceptors (Lipinski definition) is 1. The lowest BCUT2D eigenvalue weighted by Gasteiger charge is -2.47. The van der Waals surface area contributed by atoms with Crippen LogP contribution in [-0.4, -0.2) is 31.2 Å². The fraction of sp³-hybridized carbons (Fsp3) is 1.00. The molecule has 1 nitrogen and oxygen atoms in total. The van der Waals surface area contributed by atoms with E-state index >= 15 is 0 Å². The molecule has 0 saturated heterocycles. The van der Waals surface area contributed by atoms with Gasteiger partial charge in [0.1, 0.15) is 18.5 Å². The first kappa shape index (κ1) is 21.5. The molecule has 3 rings (SSSR count). The summed E-state index contributed by atoms with van der Waals surface area (Å²) in [7, 11) is 0. The number of ether oxygens (including phenoxy) is 1. The molecular formula is C23H39F3O. The fourth-order valence-electron chi connectivity index (χ4n) is 6.27. The van der Waals surface area contributed by atoms with Gasteiger partial charge in [-0.3, -0.25) is 0 Å². The second-order valence-electron chi connectivity index (χ2n) is 9.49. The topological polar surface area (TPSA) is 9.23 Å². The highest BCUT2D eigenvalue weighted by Crippen LogP contribution is 2.49. The maximum atomic E-state index is 14.9. The summed E-state index contributed by atoms with van der Waals surface area (Å²) in [5.74, 6) is 0.539. The minimum absolute atomic E-state index is 0.0102. The molecule has 7 atom stereocenters. The van der Waals surface area contributed by atoms with Gasteiger partial charge in [0.2, 0.25) is 0 Å². The summed E-state index contributed by atoms with van der Waals surface area (Å²) in [6, 6.07) is 0. The van der Waals surface area contributed by atoms with E-state index in [4.69, 9.17) is 4.74 Å². The van der Waals surface area contributed by atoms with E-state index in [0.717, 1.165) is 25.2 Å². The Hall–Kier alpha value is -0.250. The zero-order valence-electron chi connectivity index (χ0n) is 17.2. The monoisotopic (exact) mass is 388 g/mol. The Kier molecular flexibility index (Phi) is 7.93. The molecule has 4 heteroatoms. The van der Waals surface area contributed by atoms with Crippen molar-refractivity contribution < 1.29 is 17.9 Å². The van der Waals surface area contributed by atoms with E-state index in [9.17, 15) is 13.2 Å². The van der Waals surface area contributed by atoms with Crippen LogP contribution >= 0.6 is 0 Å². The average molecular weight is 389 g/mol. The van der Waals surface area contributed by atoms with E-state index in [1.54, 1.807) is 0 Å². The first-order valence-corrected chi connectivity index (χ1v) is 11.6. The van der Waals surface area contributed by atoms with Crippen LogP contribution in [0, 0.1) is 29.6 Å². The molecule has 0 N–H and O–H groups in total. The van der Waals surface area contributed by atoms with Gasteiger partial charge in [-0.25, -0.2) is 13.2 Å². The Morgan fingerprint density at radius 3 is 2.04 bits per heavy atom. The van der Waals surface area contributed by atoms with Crippen molar-refractivity contribution in [1.82, 2.24) is 0 Å². The maximum Gasteiger partial charge on any atom is 0.137 e. The molecule has 3 fully saturated rings. The minimum atomic E-state index is -1.66. The van der Waals surface area contributed by atoms with Gasteiger partial charge >= 0.3 is 0 Å². The summed E-state index contributed by atoms with van der Waals surface area (Å²) in [5, 5.41) is 0. The van der Waals surface area contributed by atoms with Crippen LogP contribution in [0.15, 0.2) is 0 Å². The lowest BCUT2D eigenvalue weighted by atomic mass is 9.63. The first-order valence-electron chi connectivity index (χ1n) is 11.6. The Morgan fingerprint density at radius 1 is 0.741 bits per heavy atom. The van der Waals surface area contributed by atoms with Crippen molar-refractivity contribution in [1.29, 1.82) is 0 Å². The molecule has 3 aliphatic carbocycles. The molecular weight excluding hydrogens is 349 g/mol. The molecule has 27 heavy (non-hydrogen) atoms. The maximum absolute atomic E-state index is 14.9. The summed E-state index contributed by atoms with van der Waals surface area (Å²) in [6.45, 7) is 4.51. The lowest BCUT2D eigenvalue weighted by Crippen LogP contribution is -2.53. The van der Waals surface area contributed by atoms with Crippen molar-refractivity contribution in [3.05, 3.63) is 0 Å². The largest absolute Gasteiger partial charge is 0.375 e. The molecule has 0 aromatic heterocycles. The molecule has 3 aliphatic rings. The van der Waals surface area contributed by atoms with E-state index < -0.39 is 30.5 Å². The average Bonchev–Trinajstić information content (AvgIpc) is 2.67. The van der Waals surface area contributed by atoms with Crippen LogP contribution in [0.5, 0.6) is 0 Å². The highest BCUT2D eigenvalue weighted by molar-refractivity contribution is 5.00. The lowest BCUT2D eigenvalue weighted by molar-refractivity contribution is -0.123. The smallest absolute Gasteiger partial charge is 0.137 e. The van der Waals surface area contributed by atoms with Crippen LogP contribution in [0.4, 0.5) is 13.2 Å². The molecule has 0 amide bonds. The third-order valence-corrected chi connectivity index (χ3v) is 7.81. The van der Waals surface area contributed by atoms with Gasteiger partial charge in [0.05, 0.1) is 6.10 Å². The zero-order chi connectivity index (χ0) is 19.4. The van der Waals surface area contributed by atoms with E-state index in [0.29, 0.717) is 25.4 Å². The van der Waals surface area contributed by atoms with E-state index in [-0.39, 0.29) is 11.8 Å². The molecule has 0 aromatic rings. The van der Waals surface area contributed by atoms with Crippen LogP contribution < -0.4 is 0 Å². The molecule has 0 radical (unpaired) electrons. The standard InChI is InChI=1S/C23H39F3O/c1-3-5-15-6-8-16(9-7-15)10-11-18-14-17-12-13-19(27-4-2)22(25)20(17)23(26)21(18)24/h15-23H,3-14H2,1-2H3. The molecule has 3 saturated carbocycles. The summed E-state index contributed by atoms with van der Waals surface area (Å²) < 4.78 is 49.9. The number of halogens is 3. The van der Waals surface area contributed by atoms with Crippen LogP contribution in [0.3, 0.4) is 0 Å². The molecule has 0 aliphatic heterocycles. The van der Waals surface area contributed by atoms with Gasteiger partial charge in [-0.1, -0.05) is 51.9 Å². The molecule has 0 spiro atoms. The molecule has 0 bridgehead atoms. The molecule has 0 aromatic carbocycles. The zero-order valence-corrected chi connectivity index (χ0v) is 17.2. The Labute approximate surface area is 163 Å². The van der Waals surface area contributed by atoms with Crippen molar-refractivity contribution in [2.75, 3.05) is 6.61 Å². The predicted octanol–water partition coefficient (Wildman–Crippen LogP) is 6.84. The summed E-state index contributed by atoms with van der Waals surface area (Å²) in [6.07, 6.45) is 6.55. The molecule has 158 valence electrons. The molecule has 0 heterocycles. The van der Waals surface area contributed by atoms with Gasteiger partial charge < -0.3 is 4.74 Å². The van der Waals surface area contributed by atoms with E-state index in [2.05, 4.69) is 6.92 Å².